The van der Waals surface area contributed by atoms with Gasteiger partial charge in [-0.3, -0.25) is 4.79 Å². The lowest BCUT2D eigenvalue weighted by Crippen LogP contribution is -2.35. The van der Waals surface area contributed by atoms with Crippen LogP contribution in [0.2, 0.25) is 5.02 Å². The Kier molecular flexibility index (Phi) is 6.46. The summed E-state index contributed by atoms with van der Waals surface area (Å²) >= 11 is 11.9. The third-order valence-corrected chi connectivity index (χ3v) is 4.04. The Morgan fingerprint density at radius 3 is 2.39 bits per heavy atom. The van der Waals surface area contributed by atoms with Crippen LogP contribution >= 0.6 is 23.2 Å². The van der Waals surface area contributed by atoms with Gasteiger partial charge in [0.15, 0.2) is 0 Å². The highest BCUT2D eigenvalue weighted by Gasteiger charge is 2.26. The van der Waals surface area contributed by atoms with Gasteiger partial charge in [0.05, 0.1) is 16.7 Å². The van der Waals surface area contributed by atoms with Crippen molar-refractivity contribution in [2.24, 2.45) is 0 Å². The smallest absolute Gasteiger partial charge is 0.256 e. The summed E-state index contributed by atoms with van der Waals surface area (Å²) in [6, 6.07) is 17.6. The molecule has 0 aliphatic heterocycles. The molecule has 2 aromatic carbocycles. The van der Waals surface area contributed by atoms with Crippen LogP contribution in [0.1, 0.15) is 28.4 Å². The molecule has 2 aromatic rings. The van der Waals surface area contributed by atoms with Gasteiger partial charge in [0.1, 0.15) is 6.04 Å². The van der Waals surface area contributed by atoms with E-state index in [1.54, 1.807) is 24.3 Å². The van der Waals surface area contributed by atoms with Crippen molar-refractivity contribution in [1.82, 2.24) is 4.90 Å². The summed E-state index contributed by atoms with van der Waals surface area (Å²) in [5.41, 5.74) is 1.16. The molecule has 1 atom stereocenters. The molecular formula is C18H16Cl2N2O. The molecule has 23 heavy (non-hydrogen) atoms. The lowest BCUT2D eigenvalue weighted by Gasteiger charge is -2.28. The van der Waals surface area contributed by atoms with E-state index in [9.17, 15) is 10.1 Å². The summed E-state index contributed by atoms with van der Waals surface area (Å²) < 4.78 is 0. The predicted octanol–water partition coefficient (Wildman–Crippen LogP) is 4.68. The molecule has 2 rings (SSSR count). The zero-order valence-electron chi connectivity index (χ0n) is 12.5. The highest BCUT2D eigenvalue weighted by atomic mass is 35.5. The topological polar surface area (TPSA) is 44.1 Å². The van der Waals surface area contributed by atoms with Gasteiger partial charge in [0.2, 0.25) is 0 Å². The van der Waals surface area contributed by atoms with Crippen molar-refractivity contribution < 1.29 is 4.79 Å². The molecular weight excluding hydrogens is 331 g/mol. The van der Waals surface area contributed by atoms with Crippen LogP contribution < -0.4 is 0 Å². The normalized spacial score (nSPS) is 11.5. The van der Waals surface area contributed by atoms with Gasteiger partial charge in [-0.15, -0.1) is 11.6 Å². The number of benzene rings is 2. The number of alkyl halides is 1. The molecule has 0 radical (unpaired) electrons. The lowest BCUT2D eigenvalue weighted by molar-refractivity contribution is 0.0717. The third-order valence-electron chi connectivity index (χ3n) is 3.45. The van der Waals surface area contributed by atoms with Crippen molar-refractivity contribution in [2.75, 3.05) is 12.4 Å². The Hall–Kier alpha value is -2.02. The minimum atomic E-state index is -0.678. The maximum absolute atomic E-state index is 12.9. The molecule has 0 aliphatic carbocycles. The minimum Gasteiger partial charge on any atom is -0.318 e. The van der Waals surface area contributed by atoms with Crippen LogP contribution in [0.3, 0.4) is 0 Å². The van der Waals surface area contributed by atoms with E-state index in [4.69, 9.17) is 23.2 Å². The molecule has 0 spiro atoms. The molecule has 0 N–H and O–H groups in total. The molecule has 0 saturated heterocycles. The van der Waals surface area contributed by atoms with Gasteiger partial charge >= 0.3 is 0 Å². The van der Waals surface area contributed by atoms with E-state index in [0.29, 0.717) is 29.4 Å². The number of carbonyl (C=O) groups is 1. The fourth-order valence-corrected chi connectivity index (χ4v) is 2.66. The highest BCUT2D eigenvalue weighted by molar-refractivity contribution is 6.33. The van der Waals surface area contributed by atoms with Crippen molar-refractivity contribution in [3.05, 3.63) is 70.7 Å². The first kappa shape index (κ1) is 17.3. The van der Waals surface area contributed by atoms with E-state index in [1.807, 2.05) is 30.3 Å². The van der Waals surface area contributed by atoms with E-state index in [-0.39, 0.29) is 5.91 Å². The van der Waals surface area contributed by atoms with Crippen LogP contribution in [-0.4, -0.2) is 23.2 Å². The molecule has 0 unspecified atom stereocenters. The fraction of sp³-hybridized carbons (Fsp3) is 0.222. The largest absolute Gasteiger partial charge is 0.318 e. The van der Waals surface area contributed by atoms with Crippen molar-refractivity contribution in [1.29, 1.82) is 5.26 Å². The first-order chi connectivity index (χ1) is 11.2. The minimum absolute atomic E-state index is 0.267. The predicted molar refractivity (Wildman–Crippen MR) is 92.6 cm³/mol. The van der Waals surface area contributed by atoms with E-state index in [0.717, 1.165) is 5.56 Å². The van der Waals surface area contributed by atoms with Gasteiger partial charge in [-0.2, -0.15) is 5.26 Å². The van der Waals surface area contributed by atoms with Crippen LogP contribution in [0.5, 0.6) is 0 Å². The maximum Gasteiger partial charge on any atom is 0.256 e. The Labute approximate surface area is 146 Å². The second kappa shape index (κ2) is 8.57. The van der Waals surface area contributed by atoms with Gasteiger partial charge in [-0.1, -0.05) is 54.1 Å². The summed E-state index contributed by atoms with van der Waals surface area (Å²) in [5, 5.41) is 9.98. The Bertz CT molecular complexity index is 698. The fourth-order valence-electron chi connectivity index (χ4n) is 2.33. The summed E-state index contributed by atoms with van der Waals surface area (Å²) in [6.07, 6.45) is 0.600. The van der Waals surface area contributed by atoms with Crippen molar-refractivity contribution in [3.8, 4) is 6.07 Å². The summed E-state index contributed by atoms with van der Waals surface area (Å²) in [6.45, 7) is 0.390. The van der Waals surface area contributed by atoms with E-state index in [2.05, 4.69) is 6.07 Å². The van der Waals surface area contributed by atoms with E-state index < -0.39 is 6.04 Å². The Morgan fingerprint density at radius 2 is 1.78 bits per heavy atom. The van der Waals surface area contributed by atoms with Crippen LogP contribution in [0.4, 0.5) is 0 Å². The molecule has 0 bridgehead atoms. The number of halogens is 2. The van der Waals surface area contributed by atoms with Gasteiger partial charge in [0.25, 0.3) is 5.91 Å². The molecule has 1 amide bonds. The molecule has 0 aromatic heterocycles. The van der Waals surface area contributed by atoms with E-state index in [1.165, 1.54) is 4.90 Å². The average Bonchev–Trinajstić information content (AvgIpc) is 2.59. The molecule has 0 saturated carbocycles. The summed E-state index contributed by atoms with van der Waals surface area (Å²) in [4.78, 5) is 14.4. The highest BCUT2D eigenvalue weighted by Crippen LogP contribution is 2.25. The standard InChI is InChI=1S/C18H16Cl2N2O/c19-11-6-12-22(17(13-21)14-7-2-1-3-8-14)18(23)15-9-4-5-10-16(15)20/h1-5,7-10,17H,6,11-12H2/t17-/m1/s1. The lowest BCUT2D eigenvalue weighted by atomic mass is 10.0. The van der Waals surface area contributed by atoms with Crippen LogP contribution in [-0.2, 0) is 0 Å². The summed E-state index contributed by atoms with van der Waals surface area (Å²) in [5.74, 6) is 0.148. The molecule has 3 nitrogen and oxygen atoms in total. The summed E-state index contributed by atoms with van der Waals surface area (Å²) in [7, 11) is 0. The number of hydrogen-bond acceptors (Lipinski definition) is 2. The quantitative estimate of drug-likeness (QED) is 0.713. The van der Waals surface area contributed by atoms with Crippen LogP contribution in [0.25, 0.3) is 0 Å². The molecule has 118 valence electrons. The molecule has 0 aliphatic rings. The Morgan fingerprint density at radius 1 is 1.13 bits per heavy atom. The van der Waals surface area contributed by atoms with Gasteiger partial charge in [-0.05, 0) is 24.1 Å². The van der Waals surface area contributed by atoms with Crippen molar-refractivity contribution in [2.45, 2.75) is 12.5 Å². The first-order valence-corrected chi connectivity index (χ1v) is 8.16. The first-order valence-electron chi connectivity index (χ1n) is 7.25. The Balaban J connectivity index is 2.38. The van der Waals surface area contributed by atoms with Crippen molar-refractivity contribution in [3.63, 3.8) is 0 Å². The number of amides is 1. The second-order valence-corrected chi connectivity index (χ2v) is 5.75. The van der Waals surface area contributed by atoms with Gasteiger partial charge in [0, 0.05) is 12.4 Å². The molecule has 5 heteroatoms. The number of rotatable bonds is 6. The maximum atomic E-state index is 12.9. The van der Waals surface area contributed by atoms with Gasteiger partial charge in [-0.25, -0.2) is 0 Å². The monoisotopic (exact) mass is 346 g/mol. The van der Waals surface area contributed by atoms with Crippen molar-refractivity contribution >= 4 is 29.1 Å². The number of nitriles is 1. The second-order valence-electron chi connectivity index (χ2n) is 4.96. The number of nitrogens with zero attached hydrogens (tertiary/aromatic N) is 2. The third kappa shape index (κ3) is 4.25. The van der Waals surface area contributed by atoms with Crippen LogP contribution in [0.15, 0.2) is 54.6 Å². The van der Waals surface area contributed by atoms with E-state index >= 15 is 0 Å². The molecule has 0 fully saturated rings. The average molecular weight is 347 g/mol. The van der Waals surface area contributed by atoms with Crippen LogP contribution in [0, 0.1) is 11.3 Å². The number of hydrogen-bond donors (Lipinski definition) is 0. The zero-order chi connectivity index (χ0) is 16.7. The number of carbonyl (C=O) groups excluding carboxylic acids is 1. The SMILES string of the molecule is N#C[C@H](c1ccccc1)N(CCCCl)C(=O)c1ccccc1Cl. The molecule has 0 heterocycles. The zero-order valence-corrected chi connectivity index (χ0v) is 14.0. The van der Waals surface area contributed by atoms with Gasteiger partial charge < -0.3 is 4.90 Å².